The number of rotatable bonds is 8. The second-order valence-electron chi connectivity index (χ2n) is 9.55. The van der Waals surface area contributed by atoms with Gasteiger partial charge in [-0.1, -0.05) is 25.4 Å². The molecule has 1 saturated heterocycles. The molecule has 1 aromatic carbocycles. The molecule has 3 heterocycles. The molecule has 0 unspecified atom stereocenters. The van der Waals surface area contributed by atoms with Crippen LogP contribution in [-0.4, -0.2) is 59.8 Å². The Morgan fingerprint density at radius 1 is 1.24 bits per heavy atom. The maximum Gasteiger partial charge on any atom is 0.431 e. The molecule has 4 rings (SSSR count). The standard InChI is InChI=1S/C26H30ClF3N4O4/c1-4-37-23-11-21(19(27)13-31-23)33-10-9-22(15(2)14-33)38-18-7-5-17(6-8-18)34-20(12-24(35)36)16(3)25(32-34)26(28,29)30/h5-8,11,13,15-16,20,22H,4,9-10,12,14H2,1-3H3,(H,35,36)/t15-,16+,20+,22+/m1/s1. The number of pyridine rings is 1. The van der Waals surface area contributed by atoms with Crippen LogP contribution in [0.5, 0.6) is 11.6 Å². The number of alkyl halides is 3. The number of anilines is 2. The van der Waals surface area contributed by atoms with Crippen LogP contribution in [0.3, 0.4) is 0 Å². The van der Waals surface area contributed by atoms with E-state index in [9.17, 15) is 23.1 Å². The zero-order chi connectivity index (χ0) is 27.6. The minimum absolute atomic E-state index is 0.0782. The number of piperidine rings is 1. The molecule has 2 aliphatic rings. The number of carboxylic acid groups (broad SMARTS) is 1. The van der Waals surface area contributed by atoms with E-state index in [0.29, 0.717) is 42.0 Å². The molecule has 206 valence electrons. The number of carboxylic acids is 1. The molecule has 2 aliphatic heterocycles. The fourth-order valence-corrected chi connectivity index (χ4v) is 5.15. The van der Waals surface area contributed by atoms with Crippen LogP contribution in [0, 0.1) is 11.8 Å². The van der Waals surface area contributed by atoms with Crippen LogP contribution >= 0.6 is 11.6 Å². The highest BCUT2D eigenvalue weighted by Gasteiger charge is 2.48. The van der Waals surface area contributed by atoms with Gasteiger partial charge < -0.3 is 19.5 Å². The van der Waals surface area contributed by atoms with Crippen LogP contribution in [0.4, 0.5) is 24.5 Å². The smallest absolute Gasteiger partial charge is 0.431 e. The van der Waals surface area contributed by atoms with Crippen molar-refractivity contribution in [3.63, 3.8) is 0 Å². The molecule has 12 heteroatoms. The maximum absolute atomic E-state index is 13.4. The highest BCUT2D eigenvalue weighted by atomic mass is 35.5. The number of hydrogen-bond donors (Lipinski definition) is 1. The third kappa shape index (κ3) is 6.09. The van der Waals surface area contributed by atoms with Gasteiger partial charge in [0.25, 0.3) is 0 Å². The van der Waals surface area contributed by atoms with E-state index in [1.807, 2.05) is 13.0 Å². The number of benzene rings is 1. The topological polar surface area (TPSA) is 87.5 Å². The van der Waals surface area contributed by atoms with Crippen molar-refractivity contribution in [2.75, 3.05) is 29.6 Å². The first-order chi connectivity index (χ1) is 18.0. The van der Waals surface area contributed by atoms with Gasteiger partial charge in [0, 0.05) is 37.4 Å². The first-order valence-electron chi connectivity index (χ1n) is 12.4. The molecule has 1 fully saturated rings. The van der Waals surface area contributed by atoms with Crippen LogP contribution in [-0.2, 0) is 4.79 Å². The monoisotopic (exact) mass is 554 g/mol. The molecule has 0 saturated carbocycles. The molecule has 1 aromatic heterocycles. The summed E-state index contributed by atoms with van der Waals surface area (Å²) >= 11 is 6.39. The third-order valence-corrected chi connectivity index (χ3v) is 7.16. The van der Waals surface area contributed by atoms with Crippen molar-refractivity contribution in [2.24, 2.45) is 16.9 Å². The maximum atomic E-state index is 13.4. The average molecular weight is 555 g/mol. The van der Waals surface area contributed by atoms with E-state index in [1.54, 1.807) is 30.5 Å². The summed E-state index contributed by atoms with van der Waals surface area (Å²) < 4.78 is 52.0. The molecule has 0 radical (unpaired) electrons. The summed E-state index contributed by atoms with van der Waals surface area (Å²) in [5.41, 5.74) is 0.247. The Morgan fingerprint density at radius 3 is 2.55 bits per heavy atom. The largest absolute Gasteiger partial charge is 0.490 e. The van der Waals surface area contributed by atoms with Gasteiger partial charge in [0.2, 0.25) is 5.88 Å². The molecule has 8 nitrogen and oxygen atoms in total. The predicted octanol–water partition coefficient (Wildman–Crippen LogP) is 5.65. The van der Waals surface area contributed by atoms with Crippen molar-refractivity contribution >= 4 is 34.7 Å². The molecular weight excluding hydrogens is 525 g/mol. The number of ether oxygens (including phenoxy) is 2. The predicted molar refractivity (Wildman–Crippen MR) is 138 cm³/mol. The third-order valence-electron chi connectivity index (χ3n) is 6.87. The first kappa shape index (κ1) is 27.8. The minimum atomic E-state index is -4.63. The van der Waals surface area contributed by atoms with E-state index < -0.39 is 36.2 Å². The Morgan fingerprint density at radius 2 is 1.95 bits per heavy atom. The molecule has 0 spiro atoms. The molecule has 1 N–H and O–H groups in total. The van der Waals surface area contributed by atoms with Crippen molar-refractivity contribution in [2.45, 2.75) is 51.9 Å². The summed E-state index contributed by atoms with van der Waals surface area (Å²) in [7, 11) is 0. The average Bonchev–Trinajstić information content (AvgIpc) is 3.18. The van der Waals surface area contributed by atoms with Crippen LogP contribution in [0.25, 0.3) is 0 Å². The van der Waals surface area contributed by atoms with E-state index in [0.717, 1.165) is 17.1 Å². The highest BCUT2D eigenvalue weighted by Crippen LogP contribution is 2.37. The molecule has 4 atom stereocenters. The zero-order valence-corrected chi connectivity index (χ0v) is 22.0. The van der Waals surface area contributed by atoms with Crippen LogP contribution < -0.4 is 19.4 Å². The molecule has 0 bridgehead atoms. The van der Waals surface area contributed by atoms with Gasteiger partial charge in [0.1, 0.15) is 17.6 Å². The van der Waals surface area contributed by atoms with Crippen molar-refractivity contribution in [1.82, 2.24) is 4.98 Å². The van der Waals surface area contributed by atoms with Gasteiger partial charge in [-0.3, -0.25) is 9.80 Å². The normalized spacial score (nSPS) is 23.8. The molecular formula is C26H30ClF3N4O4. The summed E-state index contributed by atoms with van der Waals surface area (Å²) in [5.74, 6) is -1.02. The van der Waals surface area contributed by atoms with Crippen molar-refractivity contribution in [3.05, 3.63) is 41.6 Å². The van der Waals surface area contributed by atoms with Gasteiger partial charge in [-0.2, -0.15) is 18.3 Å². The molecule has 0 aliphatic carbocycles. The fourth-order valence-electron chi connectivity index (χ4n) is 4.93. The molecule has 0 amide bonds. The number of hydrogen-bond acceptors (Lipinski definition) is 7. The number of halogens is 4. The van der Waals surface area contributed by atoms with Crippen LogP contribution in [0.15, 0.2) is 41.6 Å². The van der Waals surface area contributed by atoms with Gasteiger partial charge in [-0.05, 0) is 31.2 Å². The Labute approximate surface area is 224 Å². The SMILES string of the molecule is CCOc1cc(N2CC[C@H](Oc3ccc(N4N=C(C(F)(F)F)[C@@H](C)[C@@H]4CC(=O)O)cc3)[C@H](C)C2)c(Cl)cn1. The minimum Gasteiger partial charge on any atom is -0.490 e. The number of carbonyl (C=O) groups is 1. The Balaban J connectivity index is 1.43. The molecule has 2 aromatic rings. The van der Waals surface area contributed by atoms with Gasteiger partial charge in [0.15, 0.2) is 0 Å². The zero-order valence-electron chi connectivity index (χ0n) is 21.3. The number of aromatic nitrogens is 1. The quantitative estimate of drug-likeness (QED) is 0.451. The summed E-state index contributed by atoms with van der Waals surface area (Å²) in [4.78, 5) is 17.7. The van der Waals surface area contributed by atoms with E-state index >= 15 is 0 Å². The lowest BCUT2D eigenvalue weighted by Gasteiger charge is -2.38. The van der Waals surface area contributed by atoms with E-state index in [1.165, 1.54) is 6.92 Å². The molecule has 38 heavy (non-hydrogen) atoms. The summed E-state index contributed by atoms with van der Waals surface area (Å²) in [6, 6.07) is 7.44. The number of hydrazone groups is 1. The Hall–Kier alpha value is -3.21. The van der Waals surface area contributed by atoms with Crippen molar-refractivity contribution in [1.29, 1.82) is 0 Å². The van der Waals surface area contributed by atoms with Gasteiger partial charge in [-0.15, -0.1) is 0 Å². The van der Waals surface area contributed by atoms with Crippen molar-refractivity contribution < 1.29 is 32.5 Å². The van der Waals surface area contributed by atoms with Crippen molar-refractivity contribution in [3.8, 4) is 11.6 Å². The Bertz CT molecular complexity index is 1180. The van der Waals surface area contributed by atoms with E-state index in [4.69, 9.17) is 21.1 Å². The lowest BCUT2D eigenvalue weighted by molar-refractivity contribution is -0.137. The second-order valence-corrected chi connectivity index (χ2v) is 9.96. The van der Waals surface area contributed by atoms with Gasteiger partial charge in [-0.25, -0.2) is 4.98 Å². The highest BCUT2D eigenvalue weighted by molar-refractivity contribution is 6.33. The first-order valence-corrected chi connectivity index (χ1v) is 12.8. The lowest BCUT2D eigenvalue weighted by atomic mass is 9.94. The van der Waals surface area contributed by atoms with Gasteiger partial charge >= 0.3 is 12.1 Å². The summed E-state index contributed by atoms with van der Waals surface area (Å²) in [5, 5.41) is 14.7. The second kappa shape index (κ2) is 11.3. The fraction of sp³-hybridized carbons (Fsp3) is 0.500. The van der Waals surface area contributed by atoms with E-state index in [2.05, 4.69) is 21.9 Å². The lowest BCUT2D eigenvalue weighted by Crippen LogP contribution is -2.44. The summed E-state index contributed by atoms with van der Waals surface area (Å²) in [6.07, 6.45) is -2.86. The number of aliphatic carboxylic acids is 1. The number of nitrogens with zero attached hydrogens (tertiary/aromatic N) is 4. The van der Waals surface area contributed by atoms with Gasteiger partial charge in [0.05, 0.1) is 41.7 Å². The Kier molecular flexibility index (Phi) is 8.25. The van der Waals surface area contributed by atoms with Crippen LogP contribution in [0.1, 0.15) is 33.6 Å². The van der Waals surface area contributed by atoms with Crippen LogP contribution in [0.2, 0.25) is 5.02 Å². The summed E-state index contributed by atoms with van der Waals surface area (Å²) in [6.45, 7) is 7.24. The van der Waals surface area contributed by atoms with E-state index in [-0.39, 0.29) is 12.0 Å².